The average molecular weight is 271 g/mol. The molecule has 0 aromatic heterocycles. The van der Waals surface area contributed by atoms with Crippen LogP contribution in [0.15, 0.2) is 12.1 Å². The highest BCUT2D eigenvalue weighted by Crippen LogP contribution is 2.42. The van der Waals surface area contributed by atoms with Crippen LogP contribution in [0.25, 0.3) is 0 Å². The first kappa shape index (κ1) is 13.3. The molecule has 0 atom stereocenters. The van der Waals surface area contributed by atoms with Crippen molar-refractivity contribution in [3.8, 4) is 0 Å². The maximum absolute atomic E-state index is 14.2. The van der Waals surface area contributed by atoms with Crippen molar-refractivity contribution in [3.05, 3.63) is 34.1 Å². The highest BCUT2D eigenvalue weighted by molar-refractivity contribution is 6.30. The highest BCUT2D eigenvalue weighted by Gasteiger charge is 2.43. The topological polar surface area (TPSA) is 37.3 Å². The summed E-state index contributed by atoms with van der Waals surface area (Å²) in [6.07, 6.45) is 3.61. The molecule has 1 aliphatic carbocycles. The number of hydrogen-bond acceptors (Lipinski definition) is 1. The van der Waals surface area contributed by atoms with Gasteiger partial charge in [-0.25, -0.2) is 4.39 Å². The highest BCUT2D eigenvalue weighted by atomic mass is 35.5. The molecule has 0 heterocycles. The van der Waals surface area contributed by atoms with Gasteiger partial charge in [-0.15, -0.1) is 0 Å². The Morgan fingerprint density at radius 3 is 2.50 bits per heavy atom. The maximum Gasteiger partial charge on any atom is 0.314 e. The molecule has 1 aromatic rings. The van der Waals surface area contributed by atoms with Crippen molar-refractivity contribution in [2.75, 3.05) is 0 Å². The quantitative estimate of drug-likeness (QED) is 0.879. The van der Waals surface area contributed by atoms with E-state index in [2.05, 4.69) is 0 Å². The van der Waals surface area contributed by atoms with Gasteiger partial charge in [-0.3, -0.25) is 4.79 Å². The lowest BCUT2D eigenvalue weighted by Crippen LogP contribution is -2.38. The third kappa shape index (κ3) is 2.12. The first-order valence-electron chi connectivity index (χ1n) is 6.17. The molecule has 1 saturated carbocycles. The predicted molar refractivity (Wildman–Crippen MR) is 68.5 cm³/mol. The molecule has 0 aliphatic heterocycles. The van der Waals surface area contributed by atoms with E-state index in [4.69, 9.17) is 11.6 Å². The first-order chi connectivity index (χ1) is 8.47. The van der Waals surface area contributed by atoms with E-state index >= 15 is 0 Å². The van der Waals surface area contributed by atoms with Crippen molar-refractivity contribution >= 4 is 17.6 Å². The summed E-state index contributed by atoms with van der Waals surface area (Å²) in [5, 5.41) is 9.55. The van der Waals surface area contributed by atoms with E-state index in [1.165, 1.54) is 6.07 Å². The number of rotatable bonds is 2. The number of benzene rings is 1. The lowest BCUT2D eigenvalue weighted by molar-refractivity contribution is -0.145. The van der Waals surface area contributed by atoms with Gasteiger partial charge in [0.05, 0.1) is 10.4 Å². The SMILES string of the molecule is Cc1cc(Cl)c(F)c(C2(C(=O)O)CCCCC2)c1. The van der Waals surface area contributed by atoms with Gasteiger partial charge in [0.2, 0.25) is 0 Å². The molecule has 0 spiro atoms. The Morgan fingerprint density at radius 2 is 1.94 bits per heavy atom. The van der Waals surface area contributed by atoms with E-state index in [0.717, 1.165) is 24.8 Å². The zero-order valence-corrected chi connectivity index (χ0v) is 11.1. The van der Waals surface area contributed by atoms with Crippen LogP contribution in [-0.4, -0.2) is 11.1 Å². The second-order valence-electron chi connectivity index (χ2n) is 5.06. The fraction of sp³-hybridized carbons (Fsp3) is 0.500. The minimum atomic E-state index is -1.10. The Balaban J connectivity index is 2.59. The molecule has 1 N–H and O–H groups in total. The van der Waals surface area contributed by atoms with Crippen molar-refractivity contribution in [1.82, 2.24) is 0 Å². The predicted octanol–water partition coefficient (Wildman–Crippen LogP) is 4.07. The zero-order valence-electron chi connectivity index (χ0n) is 10.3. The van der Waals surface area contributed by atoms with Gasteiger partial charge in [-0.2, -0.15) is 0 Å². The molecular formula is C14H16ClFO2. The minimum Gasteiger partial charge on any atom is -0.481 e. The Kier molecular flexibility index (Phi) is 3.62. The van der Waals surface area contributed by atoms with E-state index in [-0.39, 0.29) is 10.6 Å². The van der Waals surface area contributed by atoms with E-state index in [1.54, 1.807) is 13.0 Å². The molecule has 1 fully saturated rings. The standard InChI is InChI=1S/C14H16ClFO2/c1-9-7-10(12(16)11(15)8-9)14(13(17)18)5-3-2-4-6-14/h7-8H,2-6H2,1H3,(H,17,18). The molecule has 2 nitrogen and oxygen atoms in total. The van der Waals surface area contributed by atoms with Crippen molar-refractivity contribution in [2.45, 2.75) is 44.4 Å². The summed E-state index contributed by atoms with van der Waals surface area (Å²) in [6.45, 7) is 1.80. The zero-order chi connectivity index (χ0) is 13.3. The summed E-state index contributed by atoms with van der Waals surface area (Å²) in [5.41, 5.74) is -0.0554. The van der Waals surface area contributed by atoms with Crippen molar-refractivity contribution in [1.29, 1.82) is 0 Å². The first-order valence-corrected chi connectivity index (χ1v) is 6.55. The van der Waals surface area contributed by atoms with Crippen LogP contribution in [0, 0.1) is 12.7 Å². The molecule has 18 heavy (non-hydrogen) atoms. The summed E-state index contributed by atoms with van der Waals surface area (Å²) >= 11 is 5.84. The monoisotopic (exact) mass is 270 g/mol. The van der Waals surface area contributed by atoms with Crippen LogP contribution in [0.3, 0.4) is 0 Å². The Labute approximate surface area is 111 Å². The van der Waals surface area contributed by atoms with Gasteiger partial charge in [0, 0.05) is 5.56 Å². The number of hydrogen-bond donors (Lipinski definition) is 1. The average Bonchev–Trinajstić information content (AvgIpc) is 2.34. The van der Waals surface area contributed by atoms with Crippen LogP contribution >= 0.6 is 11.6 Å². The minimum absolute atomic E-state index is 0.0104. The molecular weight excluding hydrogens is 255 g/mol. The summed E-state index contributed by atoms with van der Waals surface area (Å²) in [6, 6.07) is 3.15. The fourth-order valence-corrected chi connectivity index (χ4v) is 3.10. The molecule has 2 rings (SSSR count). The van der Waals surface area contributed by atoms with Gasteiger partial charge in [0.1, 0.15) is 5.82 Å². The van der Waals surface area contributed by atoms with Gasteiger partial charge < -0.3 is 5.11 Å². The van der Waals surface area contributed by atoms with Crippen molar-refractivity contribution in [3.63, 3.8) is 0 Å². The van der Waals surface area contributed by atoms with Crippen LogP contribution in [0.5, 0.6) is 0 Å². The van der Waals surface area contributed by atoms with Crippen LogP contribution in [0.4, 0.5) is 4.39 Å². The van der Waals surface area contributed by atoms with Crippen LogP contribution in [0.2, 0.25) is 5.02 Å². The molecule has 1 aromatic carbocycles. The largest absolute Gasteiger partial charge is 0.481 e. The summed E-state index contributed by atoms with van der Waals surface area (Å²) in [4.78, 5) is 11.6. The normalized spacial score (nSPS) is 18.6. The van der Waals surface area contributed by atoms with Gasteiger partial charge >= 0.3 is 5.97 Å². The summed E-state index contributed by atoms with van der Waals surface area (Å²) in [5.74, 6) is -1.52. The molecule has 1 aliphatic rings. The molecule has 0 saturated heterocycles. The Morgan fingerprint density at radius 1 is 1.33 bits per heavy atom. The van der Waals surface area contributed by atoms with Crippen LogP contribution < -0.4 is 0 Å². The van der Waals surface area contributed by atoms with Crippen molar-refractivity contribution < 1.29 is 14.3 Å². The van der Waals surface area contributed by atoms with Gasteiger partial charge in [-0.05, 0) is 31.4 Å². The molecule has 0 bridgehead atoms. The molecule has 98 valence electrons. The molecule has 0 unspecified atom stereocenters. The number of aliphatic carboxylic acids is 1. The van der Waals surface area contributed by atoms with E-state index in [0.29, 0.717) is 12.8 Å². The number of carbonyl (C=O) groups is 1. The summed E-state index contributed by atoms with van der Waals surface area (Å²) < 4.78 is 14.2. The molecule has 4 heteroatoms. The second kappa shape index (κ2) is 4.88. The van der Waals surface area contributed by atoms with E-state index in [1.807, 2.05) is 0 Å². The smallest absolute Gasteiger partial charge is 0.314 e. The second-order valence-corrected chi connectivity index (χ2v) is 5.46. The fourth-order valence-electron chi connectivity index (χ4n) is 2.83. The van der Waals surface area contributed by atoms with Gasteiger partial charge in [0.15, 0.2) is 0 Å². The molecule has 0 amide bonds. The number of aryl methyl sites for hydroxylation is 1. The number of carboxylic acids is 1. The lowest BCUT2D eigenvalue weighted by Gasteiger charge is -2.34. The lowest BCUT2D eigenvalue weighted by atomic mass is 9.69. The molecule has 0 radical (unpaired) electrons. The third-order valence-corrected chi connectivity index (χ3v) is 4.08. The van der Waals surface area contributed by atoms with Crippen molar-refractivity contribution in [2.24, 2.45) is 0 Å². The Bertz CT molecular complexity index is 479. The third-order valence-electron chi connectivity index (χ3n) is 3.80. The maximum atomic E-state index is 14.2. The van der Waals surface area contributed by atoms with Gasteiger partial charge in [0.25, 0.3) is 0 Å². The van der Waals surface area contributed by atoms with Gasteiger partial charge in [-0.1, -0.05) is 36.9 Å². The van der Waals surface area contributed by atoms with Crippen LogP contribution in [-0.2, 0) is 10.2 Å². The van der Waals surface area contributed by atoms with E-state index in [9.17, 15) is 14.3 Å². The number of halogens is 2. The summed E-state index contributed by atoms with van der Waals surface area (Å²) in [7, 11) is 0. The van der Waals surface area contributed by atoms with E-state index < -0.39 is 17.2 Å². The Hall–Kier alpha value is -1.09. The van der Waals surface area contributed by atoms with Crippen LogP contribution in [0.1, 0.15) is 43.2 Å². The number of carboxylic acid groups (broad SMARTS) is 1.